The first-order valence-electron chi connectivity index (χ1n) is 8.60. The number of hydrogen-bond acceptors (Lipinski definition) is 2. The quantitative estimate of drug-likeness (QED) is 0.921. The summed E-state index contributed by atoms with van der Waals surface area (Å²) in [5.74, 6) is 0.116. The van der Waals surface area contributed by atoms with Gasteiger partial charge in [-0.1, -0.05) is 32.0 Å². The molecule has 1 atom stereocenters. The molecule has 2 aromatic rings. The molecule has 1 aliphatic heterocycles. The van der Waals surface area contributed by atoms with Crippen molar-refractivity contribution < 1.29 is 4.79 Å². The number of likely N-dealkylation sites (tertiary alicyclic amines) is 1. The van der Waals surface area contributed by atoms with Gasteiger partial charge in [-0.15, -0.1) is 0 Å². The first kappa shape index (κ1) is 16.8. The number of rotatable bonds is 2. The van der Waals surface area contributed by atoms with E-state index in [1.54, 1.807) is 0 Å². The Morgan fingerprint density at radius 3 is 2.50 bits per heavy atom. The highest BCUT2D eigenvalue weighted by molar-refractivity contribution is 5.96. The summed E-state index contributed by atoms with van der Waals surface area (Å²) < 4.78 is 2.15. The van der Waals surface area contributed by atoms with Crippen LogP contribution in [-0.4, -0.2) is 34.5 Å². The standard InChI is InChI=1S/C20H27N3O/c1-14-12-17(15(2)23(14)16-8-6-5-7-9-16)19(24)22-11-10-18(21)20(3,4)13-22/h5-9,12,18H,10-11,13,21H2,1-4H3. The fourth-order valence-electron chi connectivity index (χ4n) is 3.67. The summed E-state index contributed by atoms with van der Waals surface area (Å²) in [7, 11) is 0. The van der Waals surface area contributed by atoms with Gasteiger partial charge < -0.3 is 15.2 Å². The van der Waals surface area contributed by atoms with E-state index in [0.717, 1.165) is 35.6 Å². The van der Waals surface area contributed by atoms with Crippen LogP contribution >= 0.6 is 0 Å². The van der Waals surface area contributed by atoms with Crippen molar-refractivity contribution in [2.75, 3.05) is 13.1 Å². The zero-order chi connectivity index (χ0) is 17.5. The van der Waals surface area contributed by atoms with E-state index >= 15 is 0 Å². The van der Waals surface area contributed by atoms with Gasteiger partial charge in [0.1, 0.15) is 0 Å². The molecule has 4 heteroatoms. The Kier molecular flexibility index (Phi) is 4.26. The molecule has 0 saturated carbocycles. The molecular formula is C20H27N3O. The summed E-state index contributed by atoms with van der Waals surface area (Å²) in [6.07, 6.45) is 0.857. The molecule has 128 valence electrons. The number of amides is 1. The Morgan fingerprint density at radius 1 is 1.21 bits per heavy atom. The molecule has 1 aromatic carbocycles. The minimum Gasteiger partial charge on any atom is -0.338 e. The van der Waals surface area contributed by atoms with Crippen molar-refractivity contribution in [3.8, 4) is 5.69 Å². The molecule has 1 saturated heterocycles. The second-order valence-corrected chi connectivity index (χ2v) is 7.57. The molecule has 1 unspecified atom stereocenters. The predicted molar refractivity (Wildman–Crippen MR) is 97.5 cm³/mol. The fraction of sp³-hybridized carbons (Fsp3) is 0.450. The van der Waals surface area contributed by atoms with Gasteiger partial charge in [0, 0.05) is 36.2 Å². The number of hydrogen-bond donors (Lipinski definition) is 1. The number of carbonyl (C=O) groups excluding carboxylic acids is 1. The number of aromatic nitrogens is 1. The lowest BCUT2D eigenvalue weighted by Crippen LogP contribution is -2.54. The second kappa shape index (κ2) is 6.10. The van der Waals surface area contributed by atoms with E-state index in [1.807, 2.05) is 43.0 Å². The normalized spacial score (nSPS) is 20.2. The third-order valence-electron chi connectivity index (χ3n) is 5.28. The summed E-state index contributed by atoms with van der Waals surface area (Å²) in [5, 5.41) is 0. The third kappa shape index (κ3) is 2.86. The van der Waals surface area contributed by atoms with Crippen LogP contribution in [0.1, 0.15) is 42.0 Å². The SMILES string of the molecule is Cc1cc(C(=O)N2CCC(N)C(C)(C)C2)c(C)n1-c1ccccc1. The molecule has 0 radical (unpaired) electrons. The van der Waals surface area contributed by atoms with E-state index in [0.29, 0.717) is 6.54 Å². The van der Waals surface area contributed by atoms with Crippen LogP contribution in [0.2, 0.25) is 0 Å². The van der Waals surface area contributed by atoms with Crippen LogP contribution in [-0.2, 0) is 0 Å². The molecule has 24 heavy (non-hydrogen) atoms. The monoisotopic (exact) mass is 325 g/mol. The highest BCUT2D eigenvalue weighted by Crippen LogP contribution is 2.30. The van der Waals surface area contributed by atoms with E-state index in [1.165, 1.54) is 0 Å². The third-order valence-corrected chi connectivity index (χ3v) is 5.28. The van der Waals surface area contributed by atoms with Crippen LogP contribution in [0.4, 0.5) is 0 Å². The van der Waals surface area contributed by atoms with Crippen LogP contribution < -0.4 is 5.73 Å². The zero-order valence-corrected chi connectivity index (χ0v) is 15.0. The number of aryl methyl sites for hydroxylation is 1. The molecule has 2 N–H and O–H groups in total. The Morgan fingerprint density at radius 2 is 1.88 bits per heavy atom. The lowest BCUT2D eigenvalue weighted by Gasteiger charge is -2.42. The van der Waals surface area contributed by atoms with E-state index in [4.69, 9.17) is 5.73 Å². The van der Waals surface area contributed by atoms with Crippen LogP contribution in [0, 0.1) is 19.3 Å². The predicted octanol–water partition coefficient (Wildman–Crippen LogP) is 3.29. The van der Waals surface area contributed by atoms with Gasteiger partial charge in [-0.05, 0) is 43.9 Å². The Labute approximate surface area is 144 Å². The van der Waals surface area contributed by atoms with E-state index in [2.05, 4.69) is 30.5 Å². The van der Waals surface area contributed by atoms with Crippen molar-refractivity contribution in [2.24, 2.45) is 11.1 Å². The number of benzene rings is 1. The van der Waals surface area contributed by atoms with Crippen LogP contribution in [0.15, 0.2) is 36.4 Å². The number of carbonyl (C=O) groups is 1. The van der Waals surface area contributed by atoms with Gasteiger partial charge in [-0.25, -0.2) is 0 Å². The van der Waals surface area contributed by atoms with Crippen molar-refractivity contribution in [1.82, 2.24) is 9.47 Å². The number of nitrogens with zero attached hydrogens (tertiary/aromatic N) is 2. The largest absolute Gasteiger partial charge is 0.338 e. The molecule has 3 rings (SSSR count). The van der Waals surface area contributed by atoms with Crippen LogP contribution in [0.3, 0.4) is 0 Å². The maximum atomic E-state index is 13.1. The Hall–Kier alpha value is -2.07. The van der Waals surface area contributed by atoms with E-state index in [-0.39, 0.29) is 17.4 Å². The van der Waals surface area contributed by atoms with Gasteiger partial charge in [0.05, 0.1) is 5.56 Å². The van der Waals surface area contributed by atoms with Gasteiger partial charge in [-0.3, -0.25) is 4.79 Å². The highest BCUT2D eigenvalue weighted by atomic mass is 16.2. The summed E-state index contributed by atoms with van der Waals surface area (Å²) in [6, 6.07) is 12.3. The summed E-state index contributed by atoms with van der Waals surface area (Å²) in [4.78, 5) is 15.0. The van der Waals surface area contributed by atoms with Crippen molar-refractivity contribution in [2.45, 2.75) is 40.2 Å². The van der Waals surface area contributed by atoms with Gasteiger partial charge >= 0.3 is 0 Å². The molecule has 1 fully saturated rings. The Balaban J connectivity index is 1.92. The number of nitrogens with two attached hydrogens (primary N) is 1. The molecule has 1 amide bonds. The van der Waals surface area contributed by atoms with Gasteiger partial charge in [-0.2, -0.15) is 0 Å². The van der Waals surface area contributed by atoms with Gasteiger partial charge in [0.15, 0.2) is 0 Å². The lowest BCUT2D eigenvalue weighted by atomic mass is 9.79. The maximum Gasteiger partial charge on any atom is 0.255 e. The van der Waals surface area contributed by atoms with Crippen LogP contribution in [0.5, 0.6) is 0 Å². The average Bonchev–Trinajstić information content (AvgIpc) is 2.85. The maximum absolute atomic E-state index is 13.1. The smallest absolute Gasteiger partial charge is 0.255 e. The van der Waals surface area contributed by atoms with Crippen molar-refractivity contribution in [3.05, 3.63) is 53.3 Å². The molecule has 4 nitrogen and oxygen atoms in total. The fourth-order valence-corrected chi connectivity index (χ4v) is 3.67. The van der Waals surface area contributed by atoms with Gasteiger partial charge in [0.2, 0.25) is 0 Å². The first-order chi connectivity index (χ1) is 11.3. The molecule has 1 aliphatic rings. The average molecular weight is 325 g/mol. The molecule has 0 aliphatic carbocycles. The van der Waals surface area contributed by atoms with Crippen molar-refractivity contribution in [3.63, 3.8) is 0 Å². The minimum atomic E-state index is -0.0428. The zero-order valence-electron chi connectivity index (χ0n) is 15.0. The Bertz CT molecular complexity index is 746. The second-order valence-electron chi connectivity index (χ2n) is 7.57. The molecule has 2 heterocycles. The highest BCUT2D eigenvalue weighted by Gasteiger charge is 2.36. The van der Waals surface area contributed by atoms with Gasteiger partial charge in [0.25, 0.3) is 5.91 Å². The van der Waals surface area contributed by atoms with E-state index in [9.17, 15) is 4.79 Å². The number of para-hydroxylation sites is 1. The minimum absolute atomic E-state index is 0.0428. The van der Waals surface area contributed by atoms with Crippen molar-refractivity contribution in [1.29, 1.82) is 0 Å². The molecule has 0 bridgehead atoms. The summed E-state index contributed by atoms with van der Waals surface area (Å²) in [5.41, 5.74) is 10.1. The first-order valence-corrected chi connectivity index (χ1v) is 8.60. The topological polar surface area (TPSA) is 51.3 Å². The lowest BCUT2D eigenvalue weighted by molar-refractivity contribution is 0.0532. The van der Waals surface area contributed by atoms with Crippen LogP contribution in [0.25, 0.3) is 5.69 Å². The number of piperidine rings is 1. The summed E-state index contributed by atoms with van der Waals surface area (Å²) in [6.45, 7) is 9.80. The molecule has 1 aromatic heterocycles. The molecular weight excluding hydrogens is 298 g/mol. The molecule has 0 spiro atoms. The van der Waals surface area contributed by atoms with E-state index < -0.39 is 0 Å². The van der Waals surface area contributed by atoms with Crippen molar-refractivity contribution >= 4 is 5.91 Å². The summed E-state index contributed by atoms with van der Waals surface area (Å²) >= 11 is 0.